The van der Waals surface area contributed by atoms with Crippen molar-refractivity contribution in [1.29, 1.82) is 0 Å². The van der Waals surface area contributed by atoms with Gasteiger partial charge in [-0.2, -0.15) is 17.5 Å². The summed E-state index contributed by atoms with van der Waals surface area (Å²) in [7, 11) is -3.03. The molecule has 0 radical (unpaired) electrons. The molecule has 1 amide bonds. The Balaban J connectivity index is 1.86. The number of Topliss-reactive ketones (excluding diaryl/α,β-unsaturated/α-hetero) is 1. The van der Waals surface area contributed by atoms with Crippen molar-refractivity contribution in [2.24, 2.45) is 5.92 Å². The van der Waals surface area contributed by atoms with Crippen molar-refractivity contribution in [3.63, 3.8) is 0 Å². The number of benzene rings is 3. The van der Waals surface area contributed by atoms with Gasteiger partial charge in [-0.25, -0.2) is 13.2 Å². The van der Waals surface area contributed by atoms with Crippen LogP contribution >= 0.6 is 0 Å². The second kappa shape index (κ2) is 16.8. The molecule has 0 aliphatic carbocycles. The number of nitrogens with zero attached hydrogens (tertiary/aromatic N) is 1. The summed E-state index contributed by atoms with van der Waals surface area (Å²) in [6.07, 6.45) is -7.42. The summed E-state index contributed by atoms with van der Waals surface area (Å²) in [5, 5.41) is 12.6. The average molecular weight is 678 g/mol. The second-order valence-corrected chi connectivity index (χ2v) is 13.4. The molecule has 0 spiro atoms. The first kappa shape index (κ1) is 37.5. The number of carbonyl (C=O) groups excluding carboxylic acids is 2. The smallest absolute Gasteiger partial charge is 0.407 e. The highest BCUT2D eigenvalue weighted by Crippen LogP contribution is 2.36. The van der Waals surface area contributed by atoms with Crippen LogP contribution in [0.1, 0.15) is 56.6 Å². The van der Waals surface area contributed by atoms with Gasteiger partial charge in [-0.15, -0.1) is 0 Å². The van der Waals surface area contributed by atoms with E-state index in [-0.39, 0.29) is 17.7 Å². The van der Waals surface area contributed by atoms with Gasteiger partial charge in [0.25, 0.3) is 0 Å². The minimum absolute atomic E-state index is 0.0619. The number of nitrogen functional groups attached to an aromatic ring is 1. The number of ether oxygens (including phenoxy) is 1. The van der Waals surface area contributed by atoms with E-state index in [0.717, 1.165) is 11.4 Å². The fourth-order valence-electron chi connectivity index (χ4n) is 5.74. The minimum Gasteiger partial charge on any atom is -0.453 e. The van der Waals surface area contributed by atoms with E-state index in [4.69, 9.17) is 10.5 Å². The first-order chi connectivity index (χ1) is 22.2. The Kier molecular flexibility index (Phi) is 13.4. The van der Waals surface area contributed by atoms with Crippen molar-refractivity contribution in [2.45, 2.75) is 74.6 Å². The molecule has 0 saturated carbocycles. The highest BCUT2D eigenvalue weighted by atomic mass is 32.2. The SMILES string of the molecule is COC(=O)N[C@H](C(=O)CC(CCC[C@@H](CO)N(C(C)C)S(=O)(=O)c1ccc(N)cc1)C(F)(F)F)C(c1ccccc1)c1ccccc1. The van der Waals surface area contributed by atoms with Crippen LogP contribution in [0.2, 0.25) is 0 Å². The molecule has 9 nitrogen and oxygen atoms in total. The molecule has 47 heavy (non-hydrogen) atoms. The van der Waals surface area contributed by atoms with E-state index in [2.05, 4.69) is 5.32 Å². The molecule has 3 atom stereocenters. The van der Waals surface area contributed by atoms with Gasteiger partial charge < -0.3 is 20.9 Å². The predicted molar refractivity (Wildman–Crippen MR) is 173 cm³/mol. The van der Waals surface area contributed by atoms with Crippen molar-refractivity contribution in [3.05, 3.63) is 96.1 Å². The molecule has 3 rings (SSSR count). The zero-order valence-electron chi connectivity index (χ0n) is 26.6. The van der Waals surface area contributed by atoms with E-state index in [9.17, 15) is 36.3 Å². The lowest BCUT2D eigenvalue weighted by Crippen LogP contribution is -2.47. The largest absolute Gasteiger partial charge is 0.453 e. The Morgan fingerprint density at radius 1 is 0.915 bits per heavy atom. The lowest BCUT2D eigenvalue weighted by molar-refractivity contribution is -0.181. The van der Waals surface area contributed by atoms with E-state index in [1.54, 1.807) is 74.5 Å². The number of nitrogens with two attached hydrogens (primary N) is 1. The number of anilines is 1. The highest BCUT2D eigenvalue weighted by molar-refractivity contribution is 7.89. The molecule has 1 unspecified atom stereocenters. The van der Waals surface area contributed by atoms with Crippen LogP contribution in [0.5, 0.6) is 0 Å². The fraction of sp³-hybridized carbons (Fsp3) is 0.412. The van der Waals surface area contributed by atoms with Crippen LogP contribution in [0.25, 0.3) is 0 Å². The molecule has 0 saturated heterocycles. The third-order valence-electron chi connectivity index (χ3n) is 7.99. The number of hydrogen-bond donors (Lipinski definition) is 3. The summed E-state index contributed by atoms with van der Waals surface area (Å²) in [6, 6.07) is 19.8. The Labute approximate surface area is 274 Å². The Hall–Kier alpha value is -3.94. The number of amides is 1. The van der Waals surface area contributed by atoms with E-state index in [0.29, 0.717) is 16.8 Å². The van der Waals surface area contributed by atoms with E-state index in [1.807, 2.05) is 0 Å². The standard InChI is InChI=1S/C34H42F3N3O6S/c1-23(2)40(47(44,45)29-19-17-27(38)18-20-29)28(22-41)16-10-15-26(34(35,36)37)21-30(42)32(39-33(43)46-3)31(24-11-6-4-7-12-24)25-13-8-5-9-14-25/h4-9,11-14,17-20,23,26,28,31-32,41H,10,15-16,21-22,38H2,1-3H3,(H,39,43)/t26?,28-,32+/m0/s1. The van der Waals surface area contributed by atoms with Crippen molar-refractivity contribution in [3.8, 4) is 0 Å². The molecule has 0 heterocycles. The summed E-state index contributed by atoms with van der Waals surface area (Å²) < 4.78 is 76.0. The highest BCUT2D eigenvalue weighted by Gasteiger charge is 2.43. The second-order valence-electron chi connectivity index (χ2n) is 11.6. The van der Waals surface area contributed by atoms with Crippen LogP contribution in [-0.4, -0.2) is 67.7 Å². The van der Waals surface area contributed by atoms with Crippen molar-refractivity contribution in [2.75, 3.05) is 19.5 Å². The third kappa shape index (κ3) is 10.0. The number of alkyl carbamates (subject to hydrolysis) is 1. The monoisotopic (exact) mass is 677 g/mol. The Bertz CT molecular complexity index is 1500. The van der Waals surface area contributed by atoms with Gasteiger partial charge in [-0.1, -0.05) is 67.1 Å². The number of sulfonamides is 1. The maximum Gasteiger partial charge on any atom is 0.407 e. The summed E-state index contributed by atoms with van der Waals surface area (Å²) in [4.78, 5) is 26.1. The topological polar surface area (TPSA) is 139 Å². The third-order valence-corrected chi connectivity index (χ3v) is 10.1. The molecular weight excluding hydrogens is 635 g/mol. The van der Waals surface area contributed by atoms with Gasteiger partial charge in [0.1, 0.15) is 6.04 Å². The molecule has 256 valence electrons. The molecule has 0 bridgehead atoms. The molecule has 0 aliphatic rings. The zero-order chi connectivity index (χ0) is 34.8. The number of rotatable bonds is 16. The van der Waals surface area contributed by atoms with Gasteiger partial charge in [0, 0.05) is 30.1 Å². The van der Waals surface area contributed by atoms with Crippen molar-refractivity contribution >= 4 is 27.6 Å². The van der Waals surface area contributed by atoms with E-state index in [1.165, 1.54) is 24.3 Å². The zero-order valence-corrected chi connectivity index (χ0v) is 27.4. The molecule has 3 aromatic rings. The predicted octanol–water partition coefficient (Wildman–Crippen LogP) is 5.89. The number of carbonyl (C=O) groups is 2. The number of nitrogens with one attached hydrogen (secondary N) is 1. The maximum absolute atomic E-state index is 14.4. The van der Waals surface area contributed by atoms with Crippen molar-refractivity contribution < 1.29 is 41.0 Å². The average Bonchev–Trinajstić information content (AvgIpc) is 3.03. The fourth-order valence-corrected chi connectivity index (χ4v) is 7.58. The number of aliphatic hydroxyl groups is 1. The van der Waals surface area contributed by atoms with Crippen LogP contribution in [0.3, 0.4) is 0 Å². The van der Waals surface area contributed by atoms with Gasteiger partial charge in [0.2, 0.25) is 10.0 Å². The number of hydrogen-bond acceptors (Lipinski definition) is 7. The van der Waals surface area contributed by atoms with Crippen molar-refractivity contribution in [1.82, 2.24) is 9.62 Å². The molecular formula is C34H42F3N3O6S. The summed E-state index contributed by atoms with van der Waals surface area (Å²) >= 11 is 0. The summed E-state index contributed by atoms with van der Waals surface area (Å²) in [5.41, 5.74) is 7.27. The normalized spacial score (nSPS) is 14.2. The van der Waals surface area contributed by atoms with Gasteiger partial charge >= 0.3 is 12.3 Å². The van der Waals surface area contributed by atoms with Crippen LogP contribution in [-0.2, 0) is 19.6 Å². The number of methoxy groups -OCH3 is 1. The number of aliphatic hydroxyl groups excluding tert-OH is 1. The first-order valence-electron chi connectivity index (χ1n) is 15.2. The molecule has 4 N–H and O–H groups in total. The molecule has 0 fully saturated rings. The molecule has 13 heteroatoms. The van der Waals surface area contributed by atoms with E-state index >= 15 is 0 Å². The van der Waals surface area contributed by atoms with Crippen LogP contribution in [0.15, 0.2) is 89.8 Å². The lowest BCUT2D eigenvalue weighted by atomic mass is 9.80. The number of alkyl halides is 3. The summed E-state index contributed by atoms with van der Waals surface area (Å²) in [5.74, 6) is -3.75. The Morgan fingerprint density at radius 2 is 1.45 bits per heavy atom. The summed E-state index contributed by atoms with van der Waals surface area (Å²) in [6.45, 7) is 2.60. The quantitative estimate of drug-likeness (QED) is 0.161. The van der Waals surface area contributed by atoms with Gasteiger partial charge in [0.15, 0.2) is 5.78 Å². The molecule has 0 aromatic heterocycles. The van der Waals surface area contributed by atoms with Gasteiger partial charge in [0.05, 0.1) is 24.5 Å². The van der Waals surface area contributed by atoms with Gasteiger partial charge in [-0.3, -0.25) is 4.79 Å². The van der Waals surface area contributed by atoms with Gasteiger partial charge in [-0.05, 0) is 62.1 Å². The Morgan fingerprint density at radius 3 is 1.89 bits per heavy atom. The maximum atomic E-state index is 14.4. The first-order valence-corrected chi connectivity index (χ1v) is 16.7. The molecule has 0 aliphatic heterocycles. The molecule has 3 aromatic carbocycles. The lowest BCUT2D eigenvalue weighted by Gasteiger charge is -2.33. The van der Waals surface area contributed by atoms with Crippen LogP contribution < -0.4 is 11.1 Å². The van der Waals surface area contributed by atoms with Crippen LogP contribution in [0, 0.1) is 5.92 Å². The number of ketones is 1. The number of halogens is 3. The van der Waals surface area contributed by atoms with Crippen LogP contribution in [0.4, 0.5) is 23.7 Å². The minimum atomic E-state index is -4.77. The van der Waals surface area contributed by atoms with E-state index < -0.39 is 77.5 Å².